The number of benzene rings is 1. The molecule has 0 bridgehead atoms. The lowest BCUT2D eigenvalue weighted by Gasteiger charge is -2.19. The summed E-state index contributed by atoms with van der Waals surface area (Å²) in [4.78, 5) is 17.8. The molecular weight excluding hydrogens is 240 g/mol. The number of amides is 1. The van der Waals surface area contributed by atoms with Crippen LogP contribution in [0, 0.1) is 5.92 Å². The molecular formula is C14H18N4O. The standard InChI is InChI=1S/C14H18N4O/c1-11(2)8-17(3)14(19)12-4-6-13(7-5-12)18-10-15-9-16-18/h4-7,9-11H,8H2,1-3H3. The third-order valence-corrected chi connectivity index (χ3v) is 2.78. The maximum atomic E-state index is 12.2. The summed E-state index contributed by atoms with van der Waals surface area (Å²) in [5.74, 6) is 0.502. The van der Waals surface area contributed by atoms with Gasteiger partial charge < -0.3 is 4.90 Å². The number of carbonyl (C=O) groups excluding carboxylic acids is 1. The molecule has 0 saturated heterocycles. The van der Waals surface area contributed by atoms with Crippen molar-refractivity contribution >= 4 is 5.91 Å². The van der Waals surface area contributed by atoms with Gasteiger partial charge in [-0.05, 0) is 30.2 Å². The predicted octanol–water partition coefficient (Wildman–Crippen LogP) is 2.00. The lowest BCUT2D eigenvalue weighted by atomic mass is 10.1. The zero-order valence-electron chi connectivity index (χ0n) is 11.4. The van der Waals surface area contributed by atoms with Crippen molar-refractivity contribution < 1.29 is 4.79 Å². The number of aromatic nitrogens is 3. The van der Waals surface area contributed by atoms with Gasteiger partial charge in [0.15, 0.2) is 0 Å². The fourth-order valence-corrected chi connectivity index (χ4v) is 1.95. The summed E-state index contributed by atoms with van der Waals surface area (Å²) < 4.78 is 1.66. The first kappa shape index (κ1) is 13.3. The first-order valence-corrected chi connectivity index (χ1v) is 6.28. The van der Waals surface area contributed by atoms with Crippen LogP contribution >= 0.6 is 0 Å². The average molecular weight is 258 g/mol. The van der Waals surface area contributed by atoms with Gasteiger partial charge >= 0.3 is 0 Å². The zero-order valence-corrected chi connectivity index (χ0v) is 11.4. The van der Waals surface area contributed by atoms with E-state index in [1.54, 1.807) is 15.9 Å². The van der Waals surface area contributed by atoms with Crippen molar-refractivity contribution in [3.8, 4) is 5.69 Å². The van der Waals surface area contributed by atoms with E-state index < -0.39 is 0 Å². The molecule has 1 heterocycles. The monoisotopic (exact) mass is 258 g/mol. The van der Waals surface area contributed by atoms with E-state index in [2.05, 4.69) is 23.9 Å². The summed E-state index contributed by atoms with van der Waals surface area (Å²) >= 11 is 0. The highest BCUT2D eigenvalue weighted by molar-refractivity contribution is 5.94. The summed E-state index contributed by atoms with van der Waals surface area (Å²) in [7, 11) is 1.83. The largest absolute Gasteiger partial charge is 0.341 e. The number of nitrogens with zero attached hydrogens (tertiary/aromatic N) is 4. The van der Waals surface area contributed by atoms with Crippen molar-refractivity contribution in [3.63, 3.8) is 0 Å². The summed E-state index contributed by atoms with van der Waals surface area (Å²) in [6, 6.07) is 7.36. The molecule has 1 aromatic heterocycles. The lowest BCUT2D eigenvalue weighted by molar-refractivity contribution is 0.0779. The molecule has 0 aliphatic rings. The summed E-state index contributed by atoms with van der Waals surface area (Å²) in [5, 5.41) is 4.05. The number of carbonyl (C=O) groups is 1. The first-order valence-electron chi connectivity index (χ1n) is 6.28. The predicted molar refractivity (Wildman–Crippen MR) is 73.2 cm³/mol. The normalized spacial score (nSPS) is 10.7. The first-order chi connectivity index (χ1) is 9.08. The van der Waals surface area contributed by atoms with Gasteiger partial charge in [0.1, 0.15) is 12.7 Å². The van der Waals surface area contributed by atoms with Crippen molar-refractivity contribution in [1.82, 2.24) is 19.7 Å². The molecule has 0 N–H and O–H groups in total. The Hall–Kier alpha value is -2.17. The Labute approximate surface area is 112 Å². The van der Waals surface area contributed by atoms with Crippen LogP contribution in [0.3, 0.4) is 0 Å². The molecule has 100 valence electrons. The maximum absolute atomic E-state index is 12.2. The van der Waals surface area contributed by atoms with Crippen LogP contribution in [0.15, 0.2) is 36.9 Å². The van der Waals surface area contributed by atoms with Crippen LogP contribution in [0.25, 0.3) is 5.69 Å². The highest BCUT2D eigenvalue weighted by atomic mass is 16.2. The van der Waals surface area contributed by atoms with E-state index >= 15 is 0 Å². The Morgan fingerprint density at radius 3 is 2.53 bits per heavy atom. The molecule has 0 aliphatic heterocycles. The van der Waals surface area contributed by atoms with Gasteiger partial charge in [0, 0.05) is 19.2 Å². The molecule has 0 fully saturated rings. The lowest BCUT2D eigenvalue weighted by Crippen LogP contribution is -2.30. The van der Waals surface area contributed by atoms with Crippen molar-refractivity contribution in [2.75, 3.05) is 13.6 Å². The van der Waals surface area contributed by atoms with Gasteiger partial charge in [-0.2, -0.15) is 5.10 Å². The van der Waals surface area contributed by atoms with Gasteiger partial charge in [-0.25, -0.2) is 9.67 Å². The van der Waals surface area contributed by atoms with Crippen LogP contribution < -0.4 is 0 Å². The van der Waals surface area contributed by atoms with Crippen LogP contribution in [0.5, 0.6) is 0 Å². The van der Waals surface area contributed by atoms with Gasteiger partial charge in [0.05, 0.1) is 5.69 Å². The smallest absolute Gasteiger partial charge is 0.253 e. The van der Waals surface area contributed by atoms with Gasteiger partial charge in [0.2, 0.25) is 0 Å². The quantitative estimate of drug-likeness (QED) is 0.842. The molecule has 5 heteroatoms. The van der Waals surface area contributed by atoms with Crippen molar-refractivity contribution in [2.45, 2.75) is 13.8 Å². The Kier molecular flexibility index (Phi) is 3.94. The molecule has 5 nitrogen and oxygen atoms in total. The molecule has 0 radical (unpaired) electrons. The molecule has 0 saturated carbocycles. The van der Waals surface area contributed by atoms with E-state index in [1.165, 1.54) is 6.33 Å². The summed E-state index contributed by atoms with van der Waals surface area (Å²) in [6.07, 6.45) is 3.11. The molecule has 0 aliphatic carbocycles. The van der Waals surface area contributed by atoms with E-state index in [1.807, 2.05) is 31.3 Å². The van der Waals surface area contributed by atoms with E-state index in [-0.39, 0.29) is 5.91 Å². The fraction of sp³-hybridized carbons (Fsp3) is 0.357. The van der Waals surface area contributed by atoms with Crippen LogP contribution in [0.1, 0.15) is 24.2 Å². The summed E-state index contributed by atoms with van der Waals surface area (Å²) in [5.41, 5.74) is 1.58. The molecule has 0 atom stereocenters. The fourth-order valence-electron chi connectivity index (χ4n) is 1.95. The number of hydrogen-bond acceptors (Lipinski definition) is 3. The highest BCUT2D eigenvalue weighted by Gasteiger charge is 2.12. The molecule has 1 aromatic carbocycles. The van der Waals surface area contributed by atoms with E-state index in [4.69, 9.17) is 0 Å². The third kappa shape index (κ3) is 3.19. The van der Waals surface area contributed by atoms with Crippen molar-refractivity contribution in [1.29, 1.82) is 0 Å². The van der Waals surface area contributed by atoms with Gasteiger partial charge in [-0.1, -0.05) is 13.8 Å². The minimum absolute atomic E-state index is 0.0406. The molecule has 2 rings (SSSR count). The van der Waals surface area contributed by atoms with Crippen molar-refractivity contribution in [3.05, 3.63) is 42.5 Å². The highest BCUT2D eigenvalue weighted by Crippen LogP contribution is 2.10. The van der Waals surface area contributed by atoms with Gasteiger partial charge in [-0.3, -0.25) is 4.79 Å². The Balaban J connectivity index is 2.12. The van der Waals surface area contributed by atoms with Crippen molar-refractivity contribution in [2.24, 2.45) is 5.92 Å². The van der Waals surface area contributed by atoms with Crippen LogP contribution in [-0.4, -0.2) is 39.2 Å². The second-order valence-corrected chi connectivity index (χ2v) is 4.97. The Bertz CT molecular complexity index is 531. The Morgan fingerprint density at radius 2 is 2.00 bits per heavy atom. The molecule has 2 aromatic rings. The zero-order chi connectivity index (χ0) is 13.8. The third-order valence-electron chi connectivity index (χ3n) is 2.78. The molecule has 1 amide bonds. The van der Waals surface area contributed by atoms with Crippen LogP contribution in [0.2, 0.25) is 0 Å². The summed E-state index contributed by atoms with van der Waals surface area (Å²) in [6.45, 7) is 4.94. The average Bonchev–Trinajstić information content (AvgIpc) is 2.91. The second kappa shape index (κ2) is 5.65. The van der Waals surface area contributed by atoms with Gasteiger partial charge in [0.25, 0.3) is 5.91 Å². The van der Waals surface area contributed by atoms with E-state index in [0.717, 1.165) is 12.2 Å². The van der Waals surface area contributed by atoms with E-state index in [9.17, 15) is 4.79 Å². The topological polar surface area (TPSA) is 51.0 Å². The SMILES string of the molecule is CC(C)CN(C)C(=O)c1ccc(-n2cncn2)cc1. The number of rotatable bonds is 4. The molecule has 0 unspecified atom stereocenters. The molecule has 0 spiro atoms. The van der Waals surface area contributed by atoms with E-state index in [0.29, 0.717) is 11.5 Å². The Morgan fingerprint density at radius 1 is 1.32 bits per heavy atom. The second-order valence-electron chi connectivity index (χ2n) is 4.97. The number of hydrogen-bond donors (Lipinski definition) is 0. The van der Waals surface area contributed by atoms with Crippen LogP contribution in [-0.2, 0) is 0 Å². The minimum atomic E-state index is 0.0406. The minimum Gasteiger partial charge on any atom is -0.341 e. The van der Waals surface area contributed by atoms with Gasteiger partial charge in [-0.15, -0.1) is 0 Å². The van der Waals surface area contributed by atoms with Crippen LogP contribution in [0.4, 0.5) is 0 Å². The molecule has 19 heavy (non-hydrogen) atoms. The maximum Gasteiger partial charge on any atom is 0.253 e.